The van der Waals surface area contributed by atoms with Gasteiger partial charge in [-0.25, -0.2) is 4.68 Å². The van der Waals surface area contributed by atoms with Gasteiger partial charge in [0.05, 0.1) is 25.6 Å². The van der Waals surface area contributed by atoms with E-state index in [4.69, 9.17) is 14.6 Å². The van der Waals surface area contributed by atoms with Crippen LogP contribution < -0.4 is 14.8 Å². The second-order valence-corrected chi connectivity index (χ2v) is 6.33. The van der Waals surface area contributed by atoms with E-state index in [0.29, 0.717) is 5.75 Å². The highest BCUT2D eigenvalue weighted by atomic mass is 16.5. The Kier molecular flexibility index (Phi) is 3.64. The van der Waals surface area contributed by atoms with Crippen molar-refractivity contribution in [1.29, 1.82) is 0 Å². The third-order valence-electron chi connectivity index (χ3n) is 4.57. The van der Waals surface area contributed by atoms with E-state index in [0.717, 1.165) is 28.4 Å². The minimum absolute atomic E-state index is 0.0984. The highest BCUT2D eigenvalue weighted by Gasteiger charge is 2.27. The van der Waals surface area contributed by atoms with E-state index in [9.17, 15) is 0 Å². The van der Waals surface area contributed by atoms with Crippen LogP contribution in [0.4, 0.5) is 5.69 Å². The van der Waals surface area contributed by atoms with Crippen LogP contribution in [0.25, 0.3) is 11.3 Å². The molecule has 25 heavy (non-hydrogen) atoms. The summed E-state index contributed by atoms with van der Waals surface area (Å²) in [5.74, 6) is 1.43. The average molecular weight is 335 g/mol. The Hall–Kier alpha value is -2.95. The van der Waals surface area contributed by atoms with Gasteiger partial charge in [-0.3, -0.25) is 0 Å². The van der Waals surface area contributed by atoms with Gasteiger partial charge < -0.3 is 14.8 Å². The van der Waals surface area contributed by atoms with Crippen molar-refractivity contribution in [1.82, 2.24) is 9.78 Å². The number of aryl methyl sites for hydroxylation is 2. The number of hydrogen-bond donors (Lipinski definition) is 1. The molecule has 0 amide bonds. The Morgan fingerprint density at radius 1 is 0.960 bits per heavy atom. The van der Waals surface area contributed by atoms with Crippen molar-refractivity contribution in [2.75, 3.05) is 19.5 Å². The number of ether oxygens (including phenoxy) is 2. The Bertz CT molecular complexity index is 946. The molecular weight excluding hydrogens is 314 g/mol. The van der Waals surface area contributed by atoms with Gasteiger partial charge in [-0.15, -0.1) is 0 Å². The van der Waals surface area contributed by atoms with Gasteiger partial charge in [0.25, 0.3) is 0 Å². The number of rotatable bonds is 3. The molecule has 1 aromatic heterocycles. The van der Waals surface area contributed by atoms with Crippen molar-refractivity contribution in [3.63, 3.8) is 0 Å². The fraction of sp³-hybridized carbons (Fsp3) is 0.250. The van der Waals surface area contributed by atoms with Gasteiger partial charge >= 0.3 is 0 Å². The molecule has 0 aliphatic carbocycles. The summed E-state index contributed by atoms with van der Waals surface area (Å²) in [6, 6.07) is 14.5. The highest BCUT2D eigenvalue weighted by Crippen LogP contribution is 2.40. The summed E-state index contributed by atoms with van der Waals surface area (Å²) in [6.07, 6.45) is -0.0984. The van der Waals surface area contributed by atoms with Crippen molar-refractivity contribution in [2.45, 2.75) is 20.0 Å². The van der Waals surface area contributed by atoms with Gasteiger partial charge in [-0.2, -0.15) is 5.10 Å². The normalized spacial score (nSPS) is 15.1. The van der Waals surface area contributed by atoms with Gasteiger partial charge in [-0.1, -0.05) is 17.7 Å². The molecule has 0 bridgehead atoms. The number of benzene rings is 2. The number of aromatic nitrogens is 2. The molecule has 3 aromatic rings. The summed E-state index contributed by atoms with van der Waals surface area (Å²) in [6.45, 7) is 4.13. The molecule has 128 valence electrons. The monoisotopic (exact) mass is 335 g/mol. The van der Waals surface area contributed by atoms with Gasteiger partial charge in [0.15, 0.2) is 11.5 Å². The lowest BCUT2D eigenvalue weighted by Crippen LogP contribution is -2.25. The van der Waals surface area contributed by atoms with Crippen molar-refractivity contribution in [3.05, 3.63) is 59.3 Å². The first-order chi connectivity index (χ1) is 12.1. The van der Waals surface area contributed by atoms with Gasteiger partial charge in [0.2, 0.25) is 0 Å². The van der Waals surface area contributed by atoms with E-state index >= 15 is 0 Å². The van der Waals surface area contributed by atoms with Crippen molar-refractivity contribution in [2.24, 2.45) is 0 Å². The molecule has 4 rings (SSSR count). The fourth-order valence-electron chi connectivity index (χ4n) is 3.37. The first-order valence-corrected chi connectivity index (χ1v) is 8.26. The van der Waals surface area contributed by atoms with Crippen LogP contribution in [0.15, 0.2) is 42.5 Å². The summed E-state index contributed by atoms with van der Waals surface area (Å²) in [5.41, 5.74) is 6.70. The Balaban J connectivity index is 1.86. The molecule has 2 aromatic carbocycles. The van der Waals surface area contributed by atoms with Crippen molar-refractivity contribution in [3.8, 4) is 22.8 Å². The third-order valence-corrected chi connectivity index (χ3v) is 4.57. The van der Waals surface area contributed by atoms with Crippen LogP contribution in [0.5, 0.6) is 11.5 Å². The summed E-state index contributed by atoms with van der Waals surface area (Å²) in [4.78, 5) is 0. The topological polar surface area (TPSA) is 48.3 Å². The van der Waals surface area contributed by atoms with E-state index in [1.807, 2.05) is 29.8 Å². The first kappa shape index (κ1) is 15.6. The molecule has 5 nitrogen and oxygen atoms in total. The molecule has 1 atom stereocenters. The van der Waals surface area contributed by atoms with E-state index in [-0.39, 0.29) is 6.17 Å². The lowest BCUT2D eigenvalue weighted by atomic mass is 10.0. The number of nitrogens with zero attached hydrogens (tertiary/aromatic N) is 2. The summed E-state index contributed by atoms with van der Waals surface area (Å²) >= 11 is 0. The predicted molar refractivity (Wildman–Crippen MR) is 98.4 cm³/mol. The average Bonchev–Trinajstić information content (AvgIpc) is 3.02. The standard InChI is InChI=1S/C20H21N3O2/c1-12-5-7-16-15(9-12)17-10-13(2)22-23(17)20(21-16)14-6-8-18(24-3)19(11-14)25-4/h5-11,20-21H,1-4H3/t20-/m0/s1. The van der Waals surface area contributed by atoms with Gasteiger partial charge in [0.1, 0.15) is 6.17 Å². The van der Waals surface area contributed by atoms with Gasteiger partial charge in [-0.05, 0) is 44.2 Å². The van der Waals surface area contributed by atoms with Crippen LogP contribution in [0, 0.1) is 13.8 Å². The lowest BCUT2D eigenvalue weighted by molar-refractivity contribution is 0.354. The van der Waals surface area contributed by atoms with Crippen molar-refractivity contribution < 1.29 is 9.47 Å². The fourth-order valence-corrected chi connectivity index (χ4v) is 3.37. The summed E-state index contributed by atoms with van der Waals surface area (Å²) in [5, 5.41) is 8.32. The van der Waals surface area contributed by atoms with E-state index in [2.05, 4.69) is 36.5 Å². The number of methoxy groups -OCH3 is 2. The molecule has 0 saturated heterocycles. The molecular formula is C20H21N3O2. The molecule has 0 saturated carbocycles. The minimum atomic E-state index is -0.0984. The quantitative estimate of drug-likeness (QED) is 0.781. The highest BCUT2D eigenvalue weighted by molar-refractivity contribution is 5.79. The minimum Gasteiger partial charge on any atom is -0.493 e. The third kappa shape index (κ3) is 2.52. The number of nitrogens with one attached hydrogen (secondary N) is 1. The van der Waals surface area contributed by atoms with Crippen LogP contribution in [-0.4, -0.2) is 24.0 Å². The second-order valence-electron chi connectivity index (χ2n) is 6.33. The van der Waals surface area contributed by atoms with Crippen LogP contribution in [-0.2, 0) is 0 Å². The van der Waals surface area contributed by atoms with Crippen LogP contribution in [0.1, 0.15) is 23.0 Å². The van der Waals surface area contributed by atoms with Crippen molar-refractivity contribution >= 4 is 5.69 Å². The number of anilines is 1. The molecule has 1 aliphatic heterocycles. The van der Waals surface area contributed by atoms with E-state index < -0.39 is 0 Å². The molecule has 5 heteroatoms. The SMILES string of the molecule is COc1ccc([C@H]2Nc3ccc(C)cc3-c3cc(C)nn32)cc1OC. The molecule has 1 N–H and O–H groups in total. The maximum Gasteiger partial charge on any atom is 0.161 e. The maximum atomic E-state index is 5.46. The molecule has 0 fully saturated rings. The predicted octanol–water partition coefficient (Wildman–Crippen LogP) is 4.16. The second kappa shape index (κ2) is 5.84. The van der Waals surface area contributed by atoms with E-state index in [1.165, 1.54) is 11.1 Å². The maximum absolute atomic E-state index is 5.46. The Morgan fingerprint density at radius 3 is 2.52 bits per heavy atom. The smallest absolute Gasteiger partial charge is 0.161 e. The van der Waals surface area contributed by atoms with E-state index in [1.54, 1.807) is 14.2 Å². The largest absolute Gasteiger partial charge is 0.493 e. The summed E-state index contributed by atoms with van der Waals surface area (Å²) in [7, 11) is 3.29. The summed E-state index contributed by atoms with van der Waals surface area (Å²) < 4.78 is 12.9. The molecule has 0 unspecified atom stereocenters. The van der Waals surface area contributed by atoms with Crippen LogP contribution in [0.3, 0.4) is 0 Å². The lowest BCUT2D eigenvalue weighted by Gasteiger charge is -2.29. The number of fused-ring (bicyclic) bond motifs is 3. The zero-order valence-corrected chi connectivity index (χ0v) is 14.8. The molecule has 2 heterocycles. The zero-order chi connectivity index (χ0) is 17.6. The molecule has 0 spiro atoms. The zero-order valence-electron chi connectivity index (χ0n) is 14.8. The van der Waals surface area contributed by atoms with Crippen LogP contribution in [0.2, 0.25) is 0 Å². The molecule has 0 radical (unpaired) electrons. The Labute approximate surface area is 147 Å². The molecule has 1 aliphatic rings. The Morgan fingerprint density at radius 2 is 1.76 bits per heavy atom. The van der Waals surface area contributed by atoms with Gasteiger partial charge in [0, 0.05) is 16.8 Å². The van der Waals surface area contributed by atoms with Crippen LogP contribution >= 0.6 is 0 Å². The first-order valence-electron chi connectivity index (χ1n) is 8.26. The number of hydrogen-bond acceptors (Lipinski definition) is 4.